The van der Waals surface area contributed by atoms with E-state index in [4.69, 9.17) is 15.9 Å². The largest absolute Gasteiger partial charge is 0.491 e. The molecule has 4 rings (SSSR count). The van der Waals surface area contributed by atoms with Crippen molar-refractivity contribution < 1.29 is 4.74 Å². The van der Waals surface area contributed by atoms with Gasteiger partial charge in [-0.05, 0) is 68.3 Å². The van der Waals surface area contributed by atoms with E-state index < -0.39 is 0 Å². The second kappa shape index (κ2) is 8.53. The van der Waals surface area contributed by atoms with E-state index in [1.165, 1.54) is 5.56 Å². The number of nitrogens with two attached hydrogens (primary N) is 1. The van der Waals surface area contributed by atoms with E-state index in [1.807, 2.05) is 50.5 Å². The summed E-state index contributed by atoms with van der Waals surface area (Å²) >= 11 is 0. The molecular weight excluding hydrogens is 374 g/mol. The third kappa shape index (κ3) is 4.27. The normalized spacial score (nSPS) is 16.1. The molecule has 1 aliphatic rings. The number of hydrogen-bond donors (Lipinski definition) is 2. The number of nitrogens with one attached hydrogen (secondary N) is 1. The summed E-state index contributed by atoms with van der Waals surface area (Å²) in [5.41, 5.74) is 9.88. The molecule has 0 amide bonds. The lowest BCUT2D eigenvalue weighted by Crippen LogP contribution is -2.21. The van der Waals surface area contributed by atoms with Gasteiger partial charge in [0.2, 0.25) is 0 Å². The number of ether oxygens (including phenoxy) is 1. The highest BCUT2D eigenvalue weighted by atomic mass is 16.5. The van der Waals surface area contributed by atoms with Crippen LogP contribution in [0.2, 0.25) is 0 Å². The molecule has 6 heteroatoms. The molecule has 1 fully saturated rings. The molecule has 2 aromatic heterocycles. The van der Waals surface area contributed by atoms with Crippen molar-refractivity contribution in [2.45, 2.75) is 32.3 Å². The molecule has 30 heavy (non-hydrogen) atoms. The smallest absolute Gasteiger partial charge is 0.129 e. The van der Waals surface area contributed by atoms with Gasteiger partial charge in [-0.25, -0.2) is 4.98 Å². The molecule has 1 unspecified atom stereocenters. The van der Waals surface area contributed by atoms with Crippen molar-refractivity contribution >= 4 is 17.2 Å². The predicted molar refractivity (Wildman–Crippen MR) is 121 cm³/mol. The van der Waals surface area contributed by atoms with Crippen LogP contribution >= 0.6 is 0 Å². The van der Waals surface area contributed by atoms with Crippen LogP contribution in [-0.2, 0) is 0 Å². The van der Waals surface area contributed by atoms with Crippen molar-refractivity contribution in [3.8, 4) is 5.75 Å². The molecular formula is C24H27N5O. The Labute approximate surface area is 177 Å². The van der Waals surface area contributed by atoms with E-state index in [-0.39, 0.29) is 6.10 Å². The Kier molecular flexibility index (Phi) is 5.65. The van der Waals surface area contributed by atoms with Crippen molar-refractivity contribution in [2.75, 3.05) is 23.7 Å². The minimum absolute atomic E-state index is 0.0618. The molecule has 0 bridgehead atoms. The molecule has 1 aromatic carbocycles. The van der Waals surface area contributed by atoms with E-state index >= 15 is 0 Å². The van der Waals surface area contributed by atoms with Crippen LogP contribution < -0.4 is 15.4 Å². The van der Waals surface area contributed by atoms with Crippen molar-refractivity contribution in [2.24, 2.45) is 0 Å². The lowest BCUT2D eigenvalue weighted by atomic mass is 10.00. The molecule has 0 aliphatic carbocycles. The summed E-state index contributed by atoms with van der Waals surface area (Å²) < 4.78 is 5.78. The summed E-state index contributed by atoms with van der Waals surface area (Å²) in [5, 5.41) is 8.74. The maximum absolute atomic E-state index is 8.74. The molecule has 1 aliphatic heterocycles. The third-order valence-electron chi connectivity index (χ3n) is 5.39. The van der Waals surface area contributed by atoms with Gasteiger partial charge in [-0.2, -0.15) is 0 Å². The minimum atomic E-state index is 0.0618. The van der Waals surface area contributed by atoms with Gasteiger partial charge in [0.15, 0.2) is 0 Å². The third-order valence-corrected chi connectivity index (χ3v) is 5.39. The summed E-state index contributed by atoms with van der Waals surface area (Å²) in [6, 6.07) is 13.5. The van der Waals surface area contributed by atoms with Gasteiger partial charge in [-0.15, -0.1) is 0 Å². The first kappa shape index (κ1) is 19.9. The molecule has 1 saturated heterocycles. The fourth-order valence-corrected chi connectivity index (χ4v) is 3.88. The van der Waals surface area contributed by atoms with Crippen LogP contribution in [0.25, 0.3) is 0 Å². The monoisotopic (exact) mass is 401 g/mol. The number of anilines is 2. The van der Waals surface area contributed by atoms with Crippen LogP contribution in [0.3, 0.4) is 0 Å². The molecule has 0 saturated carbocycles. The number of pyridine rings is 2. The van der Waals surface area contributed by atoms with Gasteiger partial charge in [-0.3, -0.25) is 10.4 Å². The van der Waals surface area contributed by atoms with Crippen molar-refractivity contribution in [1.29, 1.82) is 5.41 Å². The van der Waals surface area contributed by atoms with E-state index in [0.717, 1.165) is 30.9 Å². The molecule has 3 N–H and O–H groups in total. The Morgan fingerprint density at radius 2 is 1.93 bits per heavy atom. The van der Waals surface area contributed by atoms with Gasteiger partial charge in [-0.1, -0.05) is 0 Å². The second-order valence-electron chi connectivity index (χ2n) is 7.91. The summed E-state index contributed by atoms with van der Waals surface area (Å²) in [6.45, 7) is 5.81. The quantitative estimate of drug-likeness (QED) is 0.476. The Morgan fingerprint density at radius 1 is 1.13 bits per heavy atom. The van der Waals surface area contributed by atoms with Gasteiger partial charge in [0, 0.05) is 54.4 Å². The van der Waals surface area contributed by atoms with E-state index in [2.05, 4.69) is 27.0 Å². The Bertz CT molecular complexity index is 1030. The first-order valence-corrected chi connectivity index (χ1v) is 10.3. The topological polar surface area (TPSA) is 88.1 Å². The number of rotatable bonds is 6. The molecule has 0 spiro atoms. The summed E-state index contributed by atoms with van der Waals surface area (Å²) in [5.74, 6) is 2.08. The molecule has 1 atom stereocenters. The van der Waals surface area contributed by atoms with Crippen molar-refractivity contribution in [3.05, 3.63) is 77.7 Å². The van der Waals surface area contributed by atoms with E-state index in [1.54, 1.807) is 12.3 Å². The van der Waals surface area contributed by atoms with Crippen molar-refractivity contribution in [3.63, 3.8) is 0 Å². The van der Waals surface area contributed by atoms with E-state index in [0.29, 0.717) is 28.6 Å². The summed E-state index contributed by atoms with van der Waals surface area (Å²) in [7, 11) is 0. The molecule has 3 heterocycles. The first-order valence-electron chi connectivity index (χ1n) is 10.3. The van der Waals surface area contributed by atoms with Crippen LogP contribution in [0.4, 0.5) is 11.5 Å². The van der Waals surface area contributed by atoms with Crippen LogP contribution in [-0.4, -0.2) is 34.9 Å². The SMILES string of the molecule is CC(C)Oc1ccc(N)c(C(=N)c2ccnc(N3CCC(c4ccncc4)C3)c2)c1. The van der Waals surface area contributed by atoms with Crippen LogP contribution in [0.5, 0.6) is 5.75 Å². The standard InChI is InChI=1S/C24H27N5O/c1-16(2)30-20-3-4-22(25)21(14-20)24(26)18-7-11-28-23(13-18)29-12-8-19(15-29)17-5-9-27-10-6-17/h3-7,9-11,13-14,16,19,26H,8,12,15,25H2,1-2H3. The lowest BCUT2D eigenvalue weighted by Gasteiger charge is -2.19. The zero-order valence-electron chi connectivity index (χ0n) is 17.4. The minimum Gasteiger partial charge on any atom is -0.491 e. The molecule has 0 radical (unpaired) electrons. The highest BCUT2D eigenvalue weighted by Gasteiger charge is 2.25. The van der Waals surface area contributed by atoms with Crippen LogP contribution in [0, 0.1) is 5.41 Å². The van der Waals surface area contributed by atoms with E-state index in [9.17, 15) is 0 Å². The number of hydrogen-bond acceptors (Lipinski definition) is 6. The first-order chi connectivity index (χ1) is 14.5. The van der Waals surface area contributed by atoms with Gasteiger partial charge in [0.05, 0.1) is 11.8 Å². The molecule has 6 nitrogen and oxygen atoms in total. The summed E-state index contributed by atoms with van der Waals surface area (Å²) in [6.07, 6.45) is 6.60. The van der Waals surface area contributed by atoms with Gasteiger partial charge in [0.1, 0.15) is 11.6 Å². The fourth-order valence-electron chi connectivity index (χ4n) is 3.88. The maximum atomic E-state index is 8.74. The van der Waals surface area contributed by atoms with Gasteiger partial charge >= 0.3 is 0 Å². The lowest BCUT2D eigenvalue weighted by molar-refractivity contribution is 0.242. The summed E-state index contributed by atoms with van der Waals surface area (Å²) in [4.78, 5) is 11.0. The van der Waals surface area contributed by atoms with Gasteiger partial charge < -0.3 is 15.4 Å². The number of nitrogen functional groups attached to an aromatic ring is 1. The van der Waals surface area contributed by atoms with Crippen molar-refractivity contribution in [1.82, 2.24) is 9.97 Å². The zero-order chi connectivity index (χ0) is 21.1. The number of nitrogens with zero attached hydrogens (tertiary/aromatic N) is 3. The zero-order valence-corrected chi connectivity index (χ0v) is 17.4. The van der Waals surface area contributed by atoms with Crippen LogP contribution in [0.15, 0.2) is 61.1 Å². The fraction of sp³-hybridized carbons (Fsp3) is 0.292. The van der Waals surface area contributed by atoms with Gasteiger partial charge in [0.25, 0.3) is 0 Å². The Balaban J connectivity index is 1.55. The highest BCUT2D eigenvalue weighted by Crippen LogP contribution is 2.30. The number of benzene rings is 1. The average molecular weight is 402 g/mol. The Morgan fingerprint density at radius 3 is 2.70 bits per heavy atom. The Hall–Kier alpha value is -3.41. The molecule has 3 aromatic rings. The highest BCUT2D eigenvalue weighted by molar-refractivity contribution is 6.14. The predicted octanol–water partition coefficient (Wildman–Crippen LogP) is 4.26. The molecule has 154 valence electrons. The average Bonchev–Trinajstić information content (AvgIpc) is 3.25. The maximum Gasteiger partial charge on any atom is 0.129 e. The second-order valence-corrected chi connectivity index (χ2v) is 7.91. The van der Waals surface area contributed by atoms with Crippen LogP contribution in [0.1, 0.15) is 42.9 Å². The number of aromatic nitrogens is 2.